The standard InChI is InChI=1S/C9H11NO3/c1-6(12)10-9-7(5-11)3-2-4-8(9)13/h2-4,11,13H,5H2,1H3,(H,10,12). The summed E-state index contributed by atoms with van der Waals surface area (Å²) >= 11 is 0. The fourth-order valence-electron chi connectivity index (χ4n) is 1.04. The van der Waals surface area contributed by atoms with E-state index in [1.165, 1.54) is 13.0 Å². The van der Waals surface area contributed by atoms with Crippen LogP contribution in [0.15, 0.2) is 18.2 Å². The number of rotatable bonds is 2. The Morgan fingerprint density at radius 2 is 2.23 bits per heavy atom. The molecule has 0 saturated heterocycles. The second-order valence-corrected chi connectivity index (χ2v) is 2.65. The average molecular weight is 181 g/mol. The maximum Gasteiger partial charge on any atom is 0.221 e. The van der Waals surface area contributed by atoms with Gasteiger partial charge in [-0.1, -0.05) is 12.1 Å². The van der Waals surface area contributed by atoms with Crippen LogP contribution in [0.4, 0.5) is 5.69 Å². The van der Waals surface area contributed by atoms with Crippen molar-refractivity contribution in [2.45, 2.75) is 13.5 Å². The molecule has 0 aliphatic rings. The van der Waals surface area contributed by atoms with Crippen LogP contribution in [-0.4, -0.2) is 16.1 Å². The first kappa shape index (κ1) is 9.54. The molecule has 70 valence electrons. The molecule has 4 nitrogen and oxygen atoms in total. The van der Waals surface area contributed by atoms with Gasteiger partial charge in [-0.25, -0.2) is 0 Å². The van der Waals surface area contributed by atoms with Crippen LogP contribution in [-0.2, 0) is 11.4 Å². The SMILES string of the molecule is CC(=O)Nc1c(O)cccc1CO. The van der Waals surface area contributed by atoms with E-state index >= 15 is 0 Å². The topological polar surface area (TPSA) is 69.6 Å². The number of phenolic OH excluding ortho intramolecular Hbond substituents is 1. The molecule has 1 aromatic carbocycles. The molecule has 0 saturated carbocycles. The van der Waals surface area contributed by atoms with Crippen molar-refractivity contribution in [1.29, 1.82) is 0 Å². The quantitative estimate of drug-likeness (QED) is 0.592. The lowest BCUT2D eigenvalue weighted by atomic mass is 10.1. The summed E-state index contributed by atoms with van der Waals surface area (Å²) < 4.78 is 0. The Labute approximate surface area is 75.8 Å². The number of para-hydroxylation sites is 1. The van der Waals surface area contributed by atoms with E-state index in [9.17, 15) is 9.90 Å². The van der Waals surface area contributed by atoms with Crippen LogP contribution in [0.1, 0.15) is 12.5 Å². The highest BCUT2D eigenvalue weighted by Crippen LogP contribution is 2.26. The molecule has 1 amide bonds. The molecule has 0 spiro atoms. The number of nitrogens with one attached hydrogen (secondary N) is 1. The van der Waals surface area contributed by atoms with Crippen molar-refractivity contribution in [3.05, 3.63) is 23.8 Å². The van der Waals surface area contributed by atoms with Gasteiger partial charge in [0, 0.05) is 12.5 Å². The van der Waals surface area contributed by atoms with Gasteiger partial charge in [-0.2, -0.15) is 0 Å². The van der Waals surface area contributed by atoms with Gasteiger partial charge in [0.1, 0.15) is 5.75 Å². The molecular weight excluding hydrogens is 170 g/mol. The summed E-state index contributed by atoms with van der Waals surface area (Å²) in [5.74, 6) is -0.321. The van der Waals surface area contributed by atoms with Crippen molar-refractivity contribution in [2.24, 2.45) is 0 Å². The van der Waals surface area contributed by atoms with E-state index in [1.54, 1.807) is 12.1 Å². The highest BCUT2D eigenvalue weighted by molar-refractivity contribution is 5.91. The number of carbonyl (C=O) groups is 1. The first-order valence-corrected chi connectivity index (χ1v) is 3.84. The summed E-state index contributed by atoms with van der Waals surface area (Å²) in [6, 6.07) is 4.68. The molecule has 0 radical (unpaired) electrons. The van der Waals surface area contributed by atoms with Crippen LogP contribution >= 0.6 is 0 Å². The molecule has 1 rings (SSSR count). The third-order valence-electron chi connectivity index (χ3n) is 1.60. The summed E-state index contributed by atoms with van der Waals surface area (Å²) in [6.07, 6.45) is 0. The van der Waals surface area contributed by atoms with Gasteiger partial charge in [0.2, 0.25) is 5.91 Å². The molecule has 0 aliphatic carbocycles. The molecule has 0 aromatic heterocycles. The van der Waals surface area contributed by atoms with Crippen LogP contribution in [0.3, 0.4) is 0 Å². The predicted molar refractivity (Wildman–Crippen MR) is 48.3 cm³/mol. The van der Waals surface area contributed by atoms with Crippen LogP contribution < -0.4 is 5.32 Å². The Morgan fingerprint density at radius 1 is 1.54 bits per heavy atom. The van der Waals surface area contributed by atoms with Crippen molar-refractivity contribution in [2.75, 3.05) is 5.32 Å². The number of amides is 1. The Balaban J connectivity index is 3.07. The highest BCUT2D eigenvalue weighted by Gasteiger charge is 2.07. The van der Waals surface area contributed by atoms with E-state index in [4.69, 9.17) is 5.11 Å². The smallest absolute Gasteiger partial charge is 0.221 e. The lowest BCUT2D eigenvalue weighted by molar-refractivity contribution is -0.114. The van der Waals surface area contributed by atoms with Gasteiger partial charge in [0.15, 0.2) is 0 Å². The Kier molecular flexibility index (Phi) is 2.87. The molecule has 13 heavy (non-hydrogen) atoms. The van der Waals surface area contributed by atoms with Gasteiger partial charge in [0.25, 0.3) is 0 Å². The molecule has 4 heteroatoms. The fraction of sp³-hybridized carbons (Fsp3) is 0.222. The minimum Gasteiger partial charge on any atom is -0.506 e. The first-order chi connectivity index (χ1) is 6.15. The molecule has 0 heterocycles. The molecule has 0 unspecified atom stereocenters. The van der Waals surface area contributed by atoms with Crippen LogP contribution in [0, 0.1) is 0 Å². The van der Waals surface area contributed by atoms with E-state index in [0.717, 1.165) is 0 Å². The Bertz CT molecular complexity index is 323. The van der Waals surface area contributed by atoms with Gasteiger partial charge >= 0.3 is 0 Å². The van der Waals surface area contributed by atoms with E-state index in [2.05, 4.69) is 5.32 Å². The zero-order chi connectivity index (χ0) is 9.84. The number of aromatic hydroxyl groups is 1. The summed E-state index contributed by atoms with van der Waals surface area (Å²) in [5, 5.41) is 20.7. The number of hydrogen-bond donors (Lipinski definition) is 3. The average Bonchev–Trinajstić information content (AvgIpc) is 2.08. The number of hydrogen-bond acceptors (Lipinski definition) is 3. The Morgan fingerprint density at radius 3 is 2.77 bits per heavy atom. The van der Waals surface area contributed by atoms with Gasteiger partial charge in [-0.15, -0.1) is 0 Å². The Hall–Kier alpha value is -1.55. The summed E-state index contributed by atoms with van der Waals surface area (Å²) in [5.41, 5.74) is 0.771. The number of aliphatic hydroxyl groups is 1. The van der Waals surface area contributed by atoms with Gasteiger partial charge in [-0.3, -0.25) is 4.79 Å². The van der Waals surface area contributed by atoms with E-state index in [0.29, 0.717) is 5.56 Å². The van der Waals surface area contributed by atoms with Crippen LogP contribution in [0.5, 0.6) is 5.75 Å². The lowest BCUT2D eigenvalue weighted by Gasteiger charge is -2.09. The molecule has 3 N–H and O–H groups in total. The number of aliphatic hydroxyl groups excluding tert-OH is 1. The van der Waals surface area contributed by atoms with Gasteiger partial charge in [-0.05, 0) is 6.07 Å². The molecule has 0 aliphatic heterocycles. The van der Waals surface area contributed by atoms with E-state index in [1.807, 2.05) is 0 Å². The third kappa shape index (κ3) is 2.19. The number of benzene rings is 1. The molecule has 0 atom stereocenters. The predicted octanol–water partition coefficient (Wildman–Crippen LogP) is 0.843. The van der Waals surface area contributed by atoms with Crippen LogP contribution in [0.25, 0.3) is 0 Å². The van der Waals surface area contributed by atoms with E-state index in [-0.39, 0.29) is 24.0 Å². The van der Waals surface area contributed by atoms with E-state index < -0.39 is 0 Å². The molecule has 1 aromatic rings. The highest BCUT2D eigenvalue weighted by atomic mass is 16.3. The van der Waals surface area contributed by atoms with Crippen molar-refractivity contribution in [3.63, 3.8) is 0 Å². The largest absolute Gasteiger partial charge is 0.506 e. The fourth-order valence-corrected chi connectivity index (χ4v) is 1.04. The van der Waals surface area contributed by atoms with Gasteiger partial charge < -0.3 is 15.5 Å². The molecule has 0 bridgehead atoms. The summed E-state index contributed by atoms with van der Waals surface area (Å²) in [6.45, 7) is 1.12. The third-order valence-corrected chi connectivity index (χ3v) is 1.60. The second kappa shape index (κ2) is 3.91. The minimum atomic E-state index is -0.281. The number of phenols is 1. The van der Waals surface area contributed by atoms with Crippen molar-refractivity contribution in [3.8, 4) is 5.75 Å². The maximum absolute atomic E-state index is 10.7. The lowest BCUT2D eigenvalue weighted by Crippen LogP contribution is -2.08. The van der Waals surface area contributed by atoms with Crippen molar-refractivity contribution >= 4 is 11.6 Å². The monoisotopic (exact) mass is 181 g/mol. The molecular formula is C9H11NO3. The van der Waals surface area contributed by atoms with Crippen molar-refractivity contribution < 1.29 is 15.0 Å². The zero-order valence-electron chi connectivity index (χ0n) is 7.24. The minimum absolute atomic E-state index is 0.0400. The zero-order valence-corrected chi connectivity index (χ0v) is 7.24. The van der Waals surface area contributed by atoms with Crippen molar-refractivity contribution in [1.82, 2.24) is 0 Å². The normalized spacial score (nSPS) is 9.69. The number of carbonyl (C=O) groups excluding carboxylic acids is 1. The summed E-state index contributed by atoms with van der Waals surface area (Å²) in [7, 11) is 0. The number of anilines is 1. The molecule has 0 fully saturated rings. The first-order valence-electron chi connectivity index (χ1n) is 3.84. The summed E-state index contributed by atoms with van der Waals surface area (Å²) in [4.78, 5) is 10.7. The van der Waals surface area contributed by atoms with Crippen LogP contribution in [0.2, 0.25) is 0 Å². The van der Waals surface area contributed by atoms with Gasteiger partial charge in [0.05, 0.1) is 12.3 Å². The second-order valence-electron chi connectivity index (χ2n) is 2.65. The maximum atomic E-state index is 10.7.